The van der Waals surface area contributed by atoms with Crippen LogP contribution in [-0.4, -0.2) is 25.5 Å². The van der Waals surface area contributed by atoms with Crippen molar-refractivity contribution in [3.8, 4) is 0 Å². The van der Waals surface area contributed by atoms with Gasteiger partial charge >= 0.3 is 0 Å². The van der Waals surface area contributed by atoms with E-state index in [1.807, 2.05) is 6.92 Å². The highest BCUT2D eigenvalue weighted by atomic mass is 16.2. The molecule has 1 N–H and O–H groups in total. The van der Waals surface area contributed by atoms with Gasteiger partial charge < -0.3 is 5.32 Å². The minimum absolute atomic E-state index is 0.122. The zero-order valence-electron chi connectivity index (χ0n) is 14.1. The van der Waals surface area contributed by atoms with Crippen molar-refractivity contribution >= 4 is 11.7 Å². The number of hydrogen-bond acceptors (Lipinski definition) is 4. The second kappa shape index (κ2) is 6.78. The third kappa shape index (κ3) is 3.27. The number of nitrogens with zero attached hydrogens (tertiary/aromatic N) is 4. The fourth-order valence-corrected chi connectivity index (χ4v) is 2.52. The monoisotopic (exact) mass is 323 g/mol. The number of rotatable bonds is 5. The van der Waals surface area contributed by atoms with Crippen molar-refractivity contribution in [1.29, 1.82) is 0 Å². The highest BCUT2D eigenvalue weighted by molar-refractivity contribution is 5.91. The molecule has 0 fully saturated rings. The Kier molecular flexibility index (Phi) is 4.55. The third-order valence-corrected chi connectivity index (χ3v) is 4.29. The van der Waals surface area contributed by atoms with Crippen molar-refractivity contribution in [1.82, 2.24) is 24.9 Å². The van der Waals surface area contributed by atoms with E-state index in [0.29, 0.717) is 11.7 Å². The van der Waals surface area contributed by atoms with Crippen LogP contribution in [0.3, 0.4) is 0 Å². The molecule has 24 heavy (non-hydrogen) atoms. The van der Waals surface area contributed by atoms with Crippen LogP contribution in [0, 0.1) is 0 Å². The minimum Gasteiger partial charge on any atom is -0.343 e. The number of carbonyl (C=O) groups is 1. The molecule has 2 aromatic heterocycles. The topological polar surface area (TPSA) is 72.2 Å². The summed E-state index contributed by atoms with van der Waals surface area (Å²) in [5, 5.41) is 7.07. The molecule has 1 amide bonds. The summed E-state index contributed by atoms with van der Waals surface area (Å²) < 4.78 is 1.49. The quantitative estimate of drug-likeness (QED) is 0.783. The van der Waals surface area contributed by atoms with E-state index in [-0.39, 0.29) is 17.8 Å². The van der Waals surface area contributed by atoms with Crippen molar-refractivity contribution in [3.63, 3.8) is 0 Å². The highest BCUT2D eigenvalue weighted by Gasteiger charge is 2.16. The molecular weight excluding hydrogens is 302 g/mol. The van der Waals surface area contributed by atoms with E-state index in [0.717, 1.165) is 12.0 Å². The molecule has 3 aromatic rings. The van der Waals surface area contributed by atoms with E-state index in [9.17, 15) is 4.79 Å². The summed E-state index contributed by atoms with van der Waals surface area (Å²) in [6, 6.07) is 9.99. The maximum Gasteiger partial charge on any atom is 0.291 e. The second-order valence-corrected chi connectivity index (χ2v) is 5.97. The van der Waals surface area contributed by atoms with Gasteiger partial charge in [0.2, 0.25) is 5.82 Å². The first-order valence-electron chi connectivity index (χ1n) is 8.16. The zero-order valence-corrected chi connectivity index (χ0v) is 14.1. The predicted octanol–water partition coefficient (Wildman–Crippen LogP) is 3.13. The summed E-state index contributed by atoms with van der Waals surface area (Å²) in [5.41, 5.74) is 2.37. The Hall–Kier alpha value is -2.76. The number of aromatic nitrogens is 4. The summed E-state index contributed by atoms with van der Waals surface area (Å²) in [6.45, 7) is 6.34. The number of carbonyl (C=O) groups excluding carboxylic acids is 1. The van der Waals surface area contributed by atoms with E-state index < -0.39 is 0 Å². The Labute approximate surface area is 141 Å². The lowest BCUT2D eigenvalue weighted by Gasteiger charge is -2.15. The Morgan fingerprint density at radius 2 is 1.92 bits per heavy atom. The summed E-state index contributed by atoms with van der Waals surface area (Å²) in [4.78, 5) is 20.5. The Morgan fingerprint density at radius 1 is 1.21 bits per heavy atom. The van der Waals surface area contributed by atoms with Crippen LogP contribution in [-0.2, 0) is 0 Å². The predicted molar refractivity (Wildman–Crippen MR) is 91.8 cm³/mol. The molecule has 0 aliphatic rings. The van der Waals surface area contributed by atoms with Gasteiger partial charge in [-0.1, -0.05) is 38.1 Å². The summed E-state index contributed by atoms with van der Waals surface area (Å²) in [7, 11) is 0. The lowest BCUT2D eigenvalue weighted by molar-refractivity contribution is 0.0929. The van der Waals surface area contributed by atoms with Crippen molar-refractivity contribution in [2.45, 2.75) is 39.2 Å². The van der Waals surface area contributed by atoms with E-state index >= 15 is 0 Å². The van der Waals surface area contributed by atoms with Gasteiger partial charge in [-0.25, -0.2) is 9.50 Å². The summed E-state index contributed by atoms with van der Waals surface area (Å²) in [5.74, 6) is 0.766. The van der Waals surface area contributed by atoms with Gasteiger partial charge in [-0.2, -0.15) is 4.98 Å². The molecule has 0 aliphatic carbocycles. The zero-order chi connectivity index (χ0) is 17.1. The molecule has 6 heteroatoms. The van der Waals surface area contributed by atoms with E-state index in [1.54, 1.807) is 18.5 Å². The number of nitrogens with one attached hydrogen (secondary N) is 1. The Morgan fingerprint density at radius 3 is 2.58 bits per heavy atom. The van der Waals surface area contributed by atoms with Gasteiger partial charge in [0.25, 0.3) is 11.7 Å². The molecule has 0 unspecified atom stereocenters. The number of hydrogen-bond donors (Lipinski definition) is 1. The van der Waals surface area contributed by atoms with Crippen molar-refractivity contribution in [2.24, 2.45) is 0 Å². The number of fused-ring (bicyclic) bond motifs is 1. The van der Waals surface area contributed by atoms with Gasteiger partial charge in [0, 0.05) is 12.4 Å². The highest BCUT2D eigenvalue weighted by Crippen LogP contribution is 2.21. The molecule has 0 bridgehead atoms. The molecule has 0 saturated heterocycles. The van der Waals surface area contributed by atoms with Crippen molar-refractivity contribution in [2.75, 3.05) is 0 Å². The molecule has 2 heterocycles. The lowest BCUT2D eigenvalue weighted by atomic mass is 9.96. The average molecular weight is 323 g/mol. The van der Waals surface area contributed by atoms with Gasteiger partial charge in [-0.15, -0.1) is 5.10 Å². The standard InChI is InChI=1S/C18H21N5O/c1-4-12(2)14-6-8-15(9-7-14)13(3)20-17(24)16-21-18-19-10-5-11-23(18)22-16/h5-13H,4H2,1-3H3,(H,20,24)/t12-,13+/m1/s1. The number of amides is 1. The summed E-state index contributed by atoms with van der Waals surface area (Å²) in [6.07, 6.45) is 4.44. The average Bonchev–Trinajstić information content (AvgIpc) is 3.05. The van der Waals surface area contributed by atoms with Crippen LogP contribution in [0.25, 0.3) is 5.78 Å². The largest absolute Gasteiger partial charge is 0.343 e. The van der Waals surface area contributed by atoms with Crippen LogP contribution in [0.5, 0.6) is 0 Å². The molecule has 0 aliphatic heterocycles. The van der Waals surface area contributed by atoms with Crippen LogP contribution in [0.15, 0.2) is 42.7 Å². The van der Waals surface area contributed by atoms with Crippen LogP contribution in [0.1, 0.15) is 60.9 Å². The maximum atomic E-state index is 12.3. The molecular formula is C18H21N5O. The SMILES string of the molecule is CC[C@@H](C)c1ccc([C@H](C)NC(=O)c2nc3ncccn3n2)cc1. The minimum atomic E-state index is -0.306. The molecule has 6 nitrogen and oxygen atoms in total. The first kappa shape index (κ1) is 16.1. The molecule has 3 rings (SSSR count). The molecule has 2 atom stereocenters. The fraction of sp³-hybridized carbons (Fsp3) is 0.333. The van der Waals surface area contributed by atoms with Crippen LogP contribution in [0.2, 0.25) is 0 Å². The molecule has 0 spiro atoms. The smallest absolute Gasteiger partial charge is 0.291 e. The van der Waals surface area contributed by atoms with Crippen LogP contribution < -0.4 is 5.32 Å². The molecule has 124 valence electrons. The third-order valence-electron chi connectivity index (χ3n) is 4.29. The normalized spacial score (nSPS) is 13.6. The van der Waals surface area contributed by atoms with Crippen LogP contribution in [0.4, 0.5) is 0 Å². The van der Waals surface area contributed by atoms with Crippen LogP contribution >= 0.6 is 0 Å². The van der Waals surface area contributed by atoms with Crippen molar-refractivity contribution in [3.05, 3.63) is 59.7 Å². The van der Waals surface area contributed by atoms with Gasteiger partial charge in [0.05, 0.1) is 6.04 Å². The van der Waals surface area contributed by atoms with E-state index in [1.165, 1.54) is 10.1 Å². The number of benzene rings is 1. The molecule has 0 radical (unpaired) electrons. The lowest BCUT2D eigenvalue weighted by Crippen LogP contribution is -2.27. The van der Waals surface area contributed by atoms with Gasteiger partial charge in [-0.05, 0) is 36.5 Å². The molecule has 0 saturated carbocycles. The van der Waals surface area contributed by atoms with Gasteiger partial charge in [0.15, 0.2) is 0 Å². The van der Waals surface area contributed by atoms with Crippen molar-refractivity contribution < 1.29 is 4.79 Å². The fourth-order valence-electron chi connectivity index (χ4n) is 2.52. The first-order valence-corrected chi connectivity index (χ1v) is 8.16. The summed E-state index contributed by atoms with van der Waals surface area (Å²) >= 11 is 0. The Bertz CT molecular complexity index is 807. The Balaban J connectivity index is 1.71. The second-order valence-electron chi connectivity index (χ2n) is 5.97. The first-order chi connectivity index (χ1) is 11.6. The van der Waals surface area contributed by atoms with E-state index in [2.05, 4.69) is 58.5 Å². The maximum absolute atomic E-state index is 12.3. The van der Waals surface area contributed by atoms with Gasteiger partial charge in [-0.3, -0.25) is 4.79 Å². The van der Waals surface area contributed by atoms with E-state index in [4.69, 9.17) is 0 Å². The molecule has 1 aromatic carbocycles. The van der Waals surface area contributed by atoms with Gasteiger partial charge in [0.1, 0.15) is 0 Å².